The van der Waals surface area contributed by atoms with E-state index in [-0.39, 0.29) is 12.3 Å². The van der Waals surface area contributed by atoms with E-state index in [1.54, 1.807) is 31.2 Å². The van der Waals surface area contributed by atoms with Crippen LogP contribution in [0.3, 0.4) is 0 Å². The molecule has 2 aliphatic rings. The van der Waals surface area contributed by atoms with E-state index in [1.807, 2.05) is 0 Å². The highest BCUT2D eigenvalue weighted by Crippen LogP contribution is 2.31. The first kappa shape index (κ1) is 22.9. The molecular formula is C23H24FN3O5S. The maximum Gasteiger partial charge on any atom is 0.329 e. The number of halogens is 1. The average molecular weight is 474 g/mol. The van der Waals surface area contributed by atoms with Crippen LogP contribution in [0.4, 0.5) is 14.9 Å². The lowest BCUT2D eigenvalue weighted by atomic mass is 10.1. The van der Waals surface area contributed by atoms with Gasteiger partial charge in [0.15, 0.2) is 11.6 Å². The van der Waals surface area contributed by atoms with E-state index < -0.39 is 33.8 Å². The Morgan fingerprint density at radius 2 is 2.03 bits per heavy atom. The molecule has 3 amide bonds. The molecule has 0 aromatic heterocycles. The van der Waals surface area contributed by atoms with Crippen molar-refractivity contribution in [1.29, 1.82) is 0 Å². The van der Waals surface area contributed by atoms with Gasteiger partial charge in [-0.2, -0.15) is 0 Å². The minimum absolute atomic E-state index is 0.0899. The van der Waals surface area contributed by atoms with Gasteiger partial charge < -0.3 is 4.74 Å². The number of amides is 3. The third-order valence-corrected chi connectivity index (χ3v) is 6.56. The number of nitrogens with one attached hydrogen (secondary N) is 2. The number of hydrogen-bond acceptors (Lipinski definition) is 5. The highest BCUT2D eigenvalue weighted by atomic mass is 32.2. The molecule has 2 fully saturated rings. The molecule has 2 aromatic rings. The molecule has 33 heavy (non-hydrogen) atoms. The fourth-order valence-corrected chi connectivity index (χ4v) is 4.40. The van der Waals surface area contributed by atoms with Crippen LogP contribution in [0.2, 0.25) is 0 Å². The Morgan fingerprint density at radius 3 is 2.73 bits per heavy atom. The number of anilines is 1. The van der Waals surface area contributed by atoms with Crippen LogP contribution in [0.25, 0.3) is 6.08 Å². The summed E-state index contributed by atoms with van der Waals surface area (Å²) in [5.41, 5.74) is 1.59. The first-order valence-corrected chi connectivity index (χ1v) is 12.1. The van der Waals surface area contributed by atoms with Gasteiger partial charge in [-0.25, -0.2) is 22.3 Å². The molecule has 2 aromatic carbocycles. The molecule has 0 spiro atoms. The minimum atomic E-state index is -3.83. The Morgan fingerprint density at radius 1 is 1.24 bits per heavy atom. The standard InChI is InChI=1S/C23H24FN3O5S/c1-15(18-7-8-20(24)21(12-18)32-14-17-5-6-17)26-33(30,31)10-9-16-3-2-4-19(11-16)27-13-22(28)25-23(27)29/h2-4,7-12,15,17,26H,5-6,13-14H2,1H3,(H,25,28,29)/b10-9+/t15-/m1/s1. The Hall–Kier alpha value is -3.24. The number of sulfonamides is 1. The number of rotatable bonds is 9. The topological polar surface area (TPSA) is 105 Å². The zero-order valence-electron chi connectivity index (χ0n) is 18.0. The molecule has 1 heterocycles. The smallest absolute Gasteiger partial charge is 0.329 e. The fraction of sp³-hybridized carbons (Fsp3) is 0.304. The second-order valence-electron chi connectivity index (χ2n) is 8.17. The molecule has 2 N–H and O–H groups in total. The zero-order chi connectivity index (χ0) is 23.6. The molecule has 0 unspecified atom stereocenters. The maximum absolute atomic E-state index is 14.0. The predicted octanol–water partition coefficient (Wildman–Crippen LogP) is 3.32. The van der Waals surface area contributed by atoms with Gasteiger partial charge in [0.2, 0.25) is 15.9 Å². The van der Waals surface area contributed by atoms with E-state index in [9.17, 15) is 22.4 Å². The zero-order valence-corrected chi connectivity index (χ0v) is 18.8. The molecule has 10 heteroatoms. The van der Waals surface area contributed by atoms with E-state index in [1.165, 1.54) is 29.2 Å². The number of urea groups is 1. The number of carbonyl (C=O) groups is 2. The summed E-state index contributed by atoms with van der Waals surface area (Å²) in [6, 6.07) is 9.76. The van der Waals surface area contributed by atoms with Gasteiger partial charge >= 0.3 is 6.03 Å². The van der Waals surface area contributed by atoms with E-state index in [0.717, 1.165) is 18.2 Å². The molecule has 1 aliphatic carbocycles. The van der Waals surface area contributed by atoms with Crippen LogP contribution in [-0.4, -0.2) is 33.5 Å². The number of imide groups is 1. The van der Waals surface area contributed by atoms with Crippen molar-refractivity contribution in [3.8, 4) is 5.75 Å². The normalized spacial score (nSPS) is 17.5. The van der Waals surface area contributed by atoms with Crippen LogP contribution in [-0.2, 0) is 14.8 Å². The van der Waals surface area contributed by atoms with Gasteiger partial charge in [0.1, 0.15) is 6.54 Å². The Bertz CT molecular complexity index is 1210. The van der Waals surface area contributed by atoms with Crippen LogP contribution in [0.1, 0.15) is 36.9 Å². The van der Waals surface area contributed by atoms with Crippen LogP contribution in [0.5, 0.6) is 5.75 Å². The van der Waals surface area contributed by atoms with Gasteiger partial charge in [0.05, 0.1) is 6.61 Å². The average Bonchev–Trinajstić information content (AvgIpc) is 3.53. The van der Waals surface area contributed by atoms with E-state index in [4.69, 9.17) is 4.74 Å². The highest BCUT2D eigenvalue weighted by Gasteiger charge is 2.28. The molecule has 1 atom stereocenters. The molecule has 0 radical (unpaired) electrons. The SMILES string of the molecule is C[C@@H](NS(=O)(=O)/C=C/c1cccc(N2CC(=O)NC2=O)c1)c1ccc(F)c(OCC2CC2)c1. The van der Waals surface area contributed by atoms with Crippen molar-refractivity contribution in [1.82, 2.24) is 10.0 Å². The van der Waals surface area contributed by atoms with Crippen molar-refractivity contribution in [3.05, 3.63) is 64.8 Å². The van der Waals surface area contributed by atoms with Gasteiger partial charge in [-0.3, -0.25) is 15.0 Å². The van der Waals surface area contributed by atoms with Crippen LogP contribution in [0, 0.1) is 11.7 Å². The quantitative estimate of drug-likeness (QED) is 0.544. The predicted molar refractivity (Wildman–Crippen MR) is 121 cm³/mol. The number of benzene rings is 2. The maximum atomic E-state index is 14.0. The summed E-state index contributed by atoms with van der Waals surface area (Å²) >= 11 is 0. The highest BCUT2D eigenvalue weighted by molar-refractivity contribution is 7.92. The van der Waals surface area contributed by atoms with Crippen molar-refractivity contribution in [2.45, 2.75) is 25.8 Å². The third-order valence-electron chi connectivity index (χ3n) is 5.38. The minimum Gasteiger partial charge on any atom is -0.490 e. The van der Waals surface area contributed by atoms with E-state index in [0.29, 0.717) is 29.3 Å². The summed E-state index contributed by atoms with van der Waals surface area (Å²) in [5.74, 6) is -0.304. The number of carbonyl (C=O) groups excluding carboxylic acids is 2. The van der Waals surface area contributed by atoms with Crippen LogP contribution in [0.15, 0.2) is 47.9 Å². The lowest BCUT2D eigenvalue weighted by molar-refractivity contribution is -0.117. The first-order chi connectivity index (χ1) is 15.7. The van der Waals surface area contributed by atoms with Crippen LogP contribution < -0.4 is 19.7 Å². The van der Waals surface area contributed by atoms with Crippen molar-refractivity contribution in [2.75, 3.05) is 18.1 Å². The second-order valence-corrected chi connectivity index (χ2v) is 9.76. The number of hydrogen-bond donors (Lipinski definition) is 2. The van der Waals surface area contributed by atoms with Gasteiger partial charge in [-0.1, -0.05) is 18.2 Å². The summed E-state index contributed by atoms with van der Waals surface area (Å²) in [6.45, 7) is 2.02. The van der Waals surface area contributed by atoms with Crippen molar-refractivity contribution >= 4 is 33.7 Å². The van der Waals surface area contributed by atoms with Crippen molar-refractivity contribution in [3.63, 3.8) is 0 Å². The number of ether oxygens (including phenoxy) is 1. The molecule has 1 saturated heterocycles. The van der Waals surface area contributed by atoms with Crippen molar-refractivity contribution < 1.29 is 27.1 Å². The van der Waals surface area contributed by atoms with E-state index >= 15 is 0 Å². The Labute approximate surface area is 191 Å². The monoisotopic (exact) mass is 473 g/mol. The molecule has 174 valence electrons. The van der Waals surface area contributed by atoms with Gasteiger partial charge in [-0.05, 0) is 67.2 Å². The second kappa shape index (κ2) is 9.32. The molecule has 1 aliphatic heterocycles. The van der Waals surface area contributed by atoms with Crippen LogP contribution >= 0.6 is 0 Å². The third kappa shape index (κ3) is 5.96. The summed E-state index contributed by atoms with van der Waals surface area (Å²) in [4.78, 5) is 24.5. The fourth-order valence-electron chi connectivity index (χ4n) is 3.36. The first-order valence-electron chi connectivity index (χ1n) is 10.5. The van der Waals surface area contributed by atoms with E-state index in [2.05, 4.69) is 10.0 Å². The molecule has 8 nitrogen and oxygen atoms in total. The molecule has 1 saturated carbocycles. The van der Waals surface area contributed by atoms with Gasteiger partial charge in [-0.15, -0.1) is 0 Å². The molecule has 0 bridgehead atoms. The largest absolute Gasteiger partial charge is 0.490 e. The lowest BCUT2D eigenvalue weighted by Gasteiger charge is -2.15. The summed E-state index contributed by atoms with van der Waals surface area (Å²) < 4.78 is 47.2. The number of nitrogens with zero attached hydrogens (tertiary/aromatic N) is 1. The summed E-state index contributed by atoms with van der Waals surface area (Å²) in [6.07, 6.45) is 3.55. The summed E-state index contributed by atoms with van der Waals surface area (Å²) in [5, 5.41) is 3.21. The lowest BCUT2D eigenvalue weighted by Crippen LogP contribution is -2.27. The van der Waals surface area contributed by atoms with Gasteiger partial charge in [0, 0.05) is 17.1 Å². The molecular weight excluding hydrogens is 449 g/mol. The summed E-state index contributed by atoms with van der Waals surface area (Å²) in [7, 11) is -3.83. The Kier molecular flexibility index (Phi) is 6.48. The molecule has 4 rings (SSSR count). The van der Waals surface area contributed by atoms with Crippen molar-refractivity contribution in [2.24, 2.45) is 5.92 Å². The van der Waals surface area contributed by atoms with Gasteiger partial charge in [0.25, 0.3) is 0 Å². The Balaban J connectivity index is 1.42.